The summed E-state index contributed by atoms with van der Waals surface area (Å²) in [4.78, 5) is 44.6. The van der Waals surface area contributed by atoms with Crippen molar-refractivity contribution >= 4 is 46.2 Å². The number of amides is 3. The normalized spacial score (nSPS) is 13.0. The summed E-state index contributed by atoms with van der Waals surface area (Å²) in [5.74, 6) is 0.415. The molecule has 0 saturated carbocycles. The molecule has 0 aromatic heterocycles. The number of nitrogens with one attached hydrogen (secondary N) is 3. The van der Waals surface area contributed by atoms with Crippen molar-refractivity contribution in [2.45, 2.75) is 51.0 Å². The van der Waals surface area contributed by atoms with Crippen LogP contribution in [0.1, 0.15) is 44.9 Å². The average molecular weight is 636 g/mol. The molecule has 3 unspecified atom stereocenters. The van der Waals surface area contributed by atoms with Crippen LogP contribution in [0.25, 0.3) is 0 Å². The number of unbranched alkanes of at least 4 members (excludes halogenated alkanes) is 3. The summed E-state index contributed by atoms with van der Waals surface area (Å²) in [6.45, 7) is 6.03. The Balaban J connectivity index is 0. The van der Waals surface area contributed by atoms with E-state index in [1.165, 1.54) is 18.4 Å². The molecule has 3 atom stereocenters. The van der Waals surface area contributed by atoms with Gasteiger partial charge in [0.25, 0.3) is 0 Å². The minimum absolute atomic E-state index is 0.0221. The van der Waals surface area contributed by atoms with E-state index in [0.717, 1.165) is 32.8 Å². The van der Waals surface area contributed by atoms with Crippen molar-refractivity contribution in [3.63, 3.8) is 0 Å². The molecule has 6 N–H and O–H groups in total. The lowest BCUT2D eigenvalue weighted by Crippen LogP contribution is -2.32. The Morgan fingerprint density at radius 1 is 0.800 bits per heavy atom. The van der Waals surface area contributed by atoms with Crippen LogP contribution in [-0.4, -0.2) is 124 Å². The first-order valence-electron chi connectivity index (χ1n) is 13.3. The fourth-order valence-corrected chi connectivity index (χ4v) is 4.43. The highest BCUT2D eigenvalue weighted by molar-refractivity contribution is 7.99. The molecule has 0 spiro atoms. The predicted molar refractivity (Wildman–Crippen MR) is 160 cm³/mol. The molecule has 238 valence electrons. The molecule has 0 fully saturated rings. The third kappa shape index (κ3) is 31.9. The summed E-state index contributed by atoms with van der Waals surface area (Å²) in [5.41, 5.74) is 0. The van der Waals surface area contributed by atoms with Crippen molar-refractivity contribution in [1.29, 1.82) is 0 Å². The van der Waals surface area contributed by atoms with E-state index in [1.54, 1.807) is 7.11 Å². The van der Waals surface area contributed by atoms with E-state index in [9.17, 15) is 19.5 Å². The summed E-state index contributed by atoms with van der Waals surface area (Å²) in [6, 6.07) is 0. The maximum absolute atomic E-state index is 11.9. The SMILES string of the molecule is CO.COP(C)OCCCCCCNC(=O)CCNC(=O)CSCCC(=O)NCCCOCC(O)COP(C)O. The van der Waals surface area contributed by atoms with Crippen molar-refractivity contribution in [1.82, 2.24) is 16.0 Å². The molecule has 40 heavy (non-hydrogen) atoms. The summed E-state index contributed by atoms with van der Waals surface area (Å²) in [7, 11) is 0.387. The molecular weight excluding hydrogens is 584 g/mol. The maximum atomic E-state index is 11.9. The quantitative estimate of drug-likeness (QED) is 0.0595. The number of carbonyl (C=O) groups excluding carboxylic acids is 3. The highest BCUT2D eigenvalue weighted by Crippen LogP contribution is 2.31. The van der Waals surface area contributed by atoms with Gasteiger partial charge in [0.15, 0.2) is 16.8 Å². The van der Waals surface area contributed by atoms with Gasteiger partial charge in [-0.05, 0) is 19.3 Å². The van der Waals surface area contributed by atoms with Gasteiger partial charge in [0.05, 0.1) is 25.6 Å². The van der Waals surface area contributed by atoms with Gasteiger partial charge < -0.3 is 49.4 Å². The van der Waals surface area contributed by atoms with Gasteiger partial charge in [-0.1, -0.05) is 12.8 Å². The molecule has 16 heteroatoms. The van der Waals surface area contributed by atoms with Crippen LogP contribution < -0.4 is 16.0 Å². The summed E-state index contributed by atoms with van der Waals surface area (Å²) in [5, 5.41) is 24.9. The van der Waals surface area contributed by atoms with Gasteiger partial charge in [-0.2, -0.15) is 11.8 Å². The van der Waals surface area contributed by atoms with Crippen LogP contribution in [-0.2, 0) is 32.7 Å². The van der Waals surface area contributed by atoms with E-state index in [1.807, 2.05) is 6.66 Å². The molecule has 0 bridgehead atoms. The van der Waals surface area contributed by atoms with E-state index in [4.69, 9.17) is 28.3 Å². The molecule has 0 aliphatic rings. The number of hydrogen-bond donors (Lipinski definition) is 6. The molecule has 0 aliphatic carbocycles. The molecule has 0 aliphatic heterocycles. The average Bonchev–Trinajstić information content (AvgIpc) is 2.94. The van der Waals surface area contributed by atoms with Crippen molar-refractivity contribution in [2.24, 2.45) is 0 Å². The van der Waals surface area contributed by atoms with E-state index < -0.39 is 22.9 Å². The Labute approximate surface area is 246 Å². The molecule has 13 nitrogen and oxygen atoms in total. The van der Waals surface area contributed by atoms with Gasteiger partial charge in [0.2, 0.25) is 17.7 Å². The second-order valence-electron chi connectivity index (χ2n) is 8.31. The van der Waals surface area contributed by atoms with Crippen molar-refractivity contribution in [3.05, 3.63) is 0 Å². The highest BCUT2D eigenvalue weighted by atomic mass is 32.2. The minimum atomic E-state index is -1.49. The molecule has 0 saturated heterocycles. The molecule has 3 amide bonds. The third-order valence-electron chi connectivity index (χ3n) is 4.86. The Bertz CT molecular complexity index is 627. The topological polar surface area (TPSA) is 185 Å². The molecule has 0 rings (SSSR count). The van der Waals surface area contributed by atoms with Gasteiger partial charge in [-0.15, -0.1) is 0 Å². The van der Waals surface area contributed by atoms with Gasteiger partial charge in [-0.25, -0.2) is 0 Å². The predicted octanol–water partition coefficient (Wildman–Crippen LogP) is 1.34. The van der Waals surface area contributed by atoms with Gasteiger partial charge in [-0.3, -0.25) is 14.4 Å². The van der Waals surface area contributed by atoms with Gasteiger partial charge in [0, 0.05) is 72.4 Å². The first-order chi connectivity index (χ1) is 19.2. The zero-order valence-electron chi connectivity index (χ0n) is 24.4. The highest BCUT2D eigenvalue weighted by Gasteiger charge is 2.08. The monoisotopic (exact) mass is 635 g/mol. The Morgan fingerprint density at radius 2 is 1.43 bits per heavy atom. The third-order valence-corrected chi connectivity index (χ3v) is 7.40. The molecule has 0 aromatic carbocycles. The van der Waals surface area contributed by atoms with Crippen molar-refractivity contribution in [2.75, 3.05) is 85.1 Å². The van der Waals surface area contributed by atoms with E-state index in [2.05, 4.69) is 16.0 Å². The van der Waals surface area contributed by atoms with Crippen LogP contribution in [0.15, 0.2) is 0 Å². The lowest BCUT2D eigenvalue weighted by atomic mass is 10.2. The number of carbonyl (C=O) groups is 3. The van der Waals surface area contributed by atoms with Crippen LogP contribution in [0.3, 0.4) is 0 Å². The molecular formula is C24H51N3O10P2S. The van der Waals surface area contributed by atoms with Crippen molar-refractivity contribution in [3.8, 4) is 0 Å². The van der Waals surface area contributed by atoms with Crippen LogP contribution >= 0.6 is 28.5 Å². The summed E-state index contributed by atoms with van der Waals surface area (Å²) < 4.78 is 20.8. The fourth-order valence-electron chi connectivity index (χ4n) is 2.79. The van der Waals surface area contributed by atoms with Crippen LogP contribution in [0.5, 0.6) is 0 Å². The Kier molecular flexibility index (Phi) is 32.4. The largest absolute Gasteiger partial charge is 0.400 e. The van der Waals surface area contributed by atoms with E-state index >= 15 is 0 Å². The second-order valence-corrected chi connectivity index (χ2v) is 12.1. The van der Waals surface area contributed by atoms with Gasteiger partial charge >= 0.3 is 0 Å². The zero-order valence-corrected chi connectivity index (χ0v) is 27.0. The maximum Gasteiger partial charge on any atom is 0.230 e. The Morgan fingerprint density at radius 3 is 2.10 bits per heavy atom. The standard InChI is InChI=1S/C23H47N3O9P2S.CH4O/c1-32-37(3)34-15-7-5-4-6-11-24-21(28)9-13-26-23(30)19-38-16-10-22(29)25-12-8-14-33-17-20(27)18-35-36(2)31;1-2/h20,27,31H,4-19H2,1-3H3,(H,24,28)(H,25,29)(H,26,30);2H,1H3. The number of rotatable bonds is 26. The number of aliphatic hydroxyl groups is 2. The first-order valence-corrected chi connectivity index (χ1v) is 17.7. The van der Waals surface area contributed by atoms with Crippen LogP contribution in [0, 0.1) is 0 Å². The summed E-state index contributed by atoms with van der Waals surface area (Å²) >= 11 is 1.36. The molecule has 0 heterocycles. The Hall–Kier alpha value is -0.660. The number of thioether (sulfide) groups is 1. The fraction of sp³-hybridized carbons (Fsp3) is 0.875. The molecule has 0 aromatic rings. The van der Waals surface area contributed by atoms with Gasteiger partial charge in [0.1, 0.15) is 6.10 Å². The second kappa shape index (κ2) is 31.3. The summed E-state index contributed by atoms with van der Waals surface area (Å²) in [6.07, 6.45) is 4.30. The van der Waals surface area contributed by atoms with E-state index in [0.29, 0.717) is 44.9 Å². The lowest BCUT2D eigenvalue weighted by Gasteiger charge is -2.12. The minimum Gasteiger partial charge on any atom is -0.400 e. The van der Waals surface area contributed by atoms with E-state index in [-0.39, 0.29) is 49.7 Å². The number of aliphatic hydroxyl groups excluding tert-OH is 2. The van der Waals surface area contributed by atoms with Crippen LogP contribution in [0.2, 0.25) is 0 Å². The number of ether oxygens (including phenoxy) is 1. The van der Waals surface area contributed by atoms with Crippen LogP contribution in [0.4, 0.5) is 0 Å². The number of hydrogen-bond acceptors (Lipinski definition) is 11. The van der Waals surface area contributed by atoms with Crippen molar-refractivity contribution < 1.29 is 47.8 Å². The zero-order chi connectivity index (χ0) is 30.4. The lowest BCUT2D eigenvalue weighted by molar-refractivity contribution is -0.122. The smallest absolute Gasteiger partial charge is 0.230 e. The first kappa shape index (κ1) is 41.5. The molecule has 0 radical (unpaired) electrons.